The van der Waals surface area contributed by atoms with Crippen molar-refractivity contribution in [2.45, 2.75) is 11.8 Å². The molecule has 7 nitrogen and oxygen atoms in total. The van der Waals surface area contributed by atoms with E-state index in [1.165, 1.54) is 0 Å². The number of hydrogen-bond acceptors (Lipinski definition) is 5. The van der Waals surface area contributed by atoms with Gasteiger partial charge in [-0.1, -0.05) is 18.2 Å². The van der Waals surface area contributed by atoms with E-state index in [1.54, 1.807) is 31.2 Å². The molecule has 0 radical (unpaired) electrons. The molecule has 0 bridgehead atoms. The van der Waals surface area contributed by atoms with Gasteiger partial charge in [0, 0.05) is 12.1 Å². The van der Waals surface area contributed by atoms with E-state index in [9.17, 15) is 18.5 Å². The first-order chi connectivity index (χ1) is 9.81. The summed E-state index contributed by atoms with van der Waals surface area (Å²) in [6.07, 6.45) is 0. The molecule has 0 atom stereocenters. The fourth-order valence-electron chi connectivity index (χ4n) is 1.78. The van der Waals surface area contributed by atoms with Crippen molar-refractivity contribution >= 4 is 27.1 Å². The van der Waals surface area contributed by atoms with Crippen LogP contribution in [0.4, 0.5) is 17.1 Å². The third-order valence-electron chi connectivity index (χ3n) is 2.88. The van der Waals surface area contributed by atoms with Crippen LogP contribution in [0.25, 0.3) is 0 Å². The van der Waals surface area contributed by atoms with Crippen molar-refractivity contribution in [2.75, 3.05) is 10.5 Å². The number of aryl methyl sites for hydroxylation is 1. The van der Waals surface area contributed by atoms with Gasteiger partial charge in [-0.3, -0.25) is 14.8 Å². The number of anilines is 2. The normalized spacial score (nSPS) is 11.1. The average molecular weight is 307 g/mol. The Morgan fingerprint density at radius 3 is 2.43 bits per heavy atom. The molecule has 0 amide bonds. The largest absolute Gasteiger partial charge is 0.397 e. The van der Waals surface area contributed by atoms with Gasteiger partial charge in [-0.2, -0.15) is 0 Å². The Kier molecular flexibility index (Phi) is 3.81. The van der Waals surface area contributed by atoms with E-state index in [4.69, 9.17) is 5.73 Å². The summed E-state index contributed by atoms with van der Waals surface area (Å²) < 4.78 is 27.0. The zero-order valence-corrected chi connectivity index (χ0v) is 11.9. The molecule has 21 heavy (non-hydrogen) atoms. The SMILES string of the molecule is Cc1ccccc1NS(=O)(=O)c1ccc([N+](=O)[O-])cc1N. The first-order valence-corrected chi connectivity index (χ1v) is 7.42. The number of nitrogens with one attached hydrogen (secondary N) is 1. The molecule has 3 N–H and O–H groups in total. The zero-order valence-electron chi connectivity index (χ0n) is 11.1. The van der Waals surface area contributed by atoms with Crippen LogP contribution in [0, 0.1) is 17.0 Å². The number of nitrogens with zero attached hydrogens (tertiary/aromatic N) is 1. The molecule has 0 aliphatic heterocycles. The monoisotopic (exact) mass is 307 g/mol. The molecule has 0 saturated heterocycles. The maximum Gasteiger partial charge on any atom is 0.271 e. The van der Waals surface area contributed by atoms with Gasteiger partial charge >= 0.3 is 0 Å². The molecule has 2 aromatic rings. The Morgan fingerprint density at radius 2 is 1.86 bits per heavy atom. The van der Waals surface area contributed by atoms with Gasteiger partial charge < -0.3 is 5.73 Å². The summed E-state index contributed by atoms with van der Waals surface area (Å²) >= 11 is 0. The van der Waals surface area contributed by atoms with Crippen LogP contribution in [0.2, 0.25) is 0 Å². The van der Waals surface area contributed by atoms with E-state index in [2.05, 4.69) is 4.72 Å². The van der Waals surface area contributed by atoms with Crippen LogP contribution < -0.4 is 10.5 Å². The van der Waals surface area contributed by atoms with Gasteiger partial charge in [0.25, 0.3) is 15.7 Å². The van der Waals surface area contributed by atoms with Crippen LogP contribution in [0.5, 0.6) is 0 Å². The maximum atomic E-state index is 12.3. The molecule has 2 aromatic carbocycles. The predicted molar refractivity (Wildman–Crippen MR) is 79.5 cm³/mol. The summed E-state index contributed by atoms with van der Waals surface area (Å²) in [4.78, 5) is 9.80. The number of non-ortho nitro benzene ring substituents is 1. The third kappa shape index (κ3) is 3.11. The van der Waals surface area contributed by atoms with Crippen molar-refractivity contribution in [2.24, 2.45) is 0 Å². The highest BCUT2D eigenvalue weighted by atomic mass is 32.2. The van der Waals surface area contributed by atoms with Crippen LogP contribution >= 0.6 is 0 Å². The summed E-state index contributed by atoms with van der Waals surface area (Å²) in [5, 5.41) is 10.6. The van der Waals surface area contributed by atoms with Crippen LogP contribution in [0.1, 0.15) is 5.56 Å². The molecule has 0 aromatic heterocycles. The van der Waals surface area contributed by atoms with E-state index in [0.29, 0.717) is 5.69 Å². The number of nitrogens with two attached hydrogens (primary N) is 1. The Morgan fingerprint density at radius 1 is 1.19 bits per heavy atom. The predicted octanol–water partition coefficient (Wildman–Crippen LogP) is 2.29. The van der Waals surface area contributed by atoms with E-state index in [1.807, 2.05) is 0 Å². The molecule has 0 fully saturated rings. The van der Waals surface area contributed by atoms with Crippen molar-refractivity contribution in [3.63, 3.8) is 0 Å². The second-order valence-corrected chi connectivity index (χ2v) is 6.05. The molecule has 0 heterocycles. The summed E-state index contributed by atoms with van der Waals surface area (Å²) in [6, 6.07) is 10.1. The van der Waals surface area contributed by atoms with E-state index >= 15 is 0 Å². The Labute approximate surface area is 121 Å². The second kappa shape index (κ2) is 5.41. The number of rotatable bonds is 4. The number of nitrogen functional groups attached to an aromatic ring is 1. The first-order valence-electron chi connectivity index (χ1n) is 5.93. The smallest absolute Gasteiger partial charge is 0.271 e. The molecule has 0 saturated carbocycles. The molecule has 8 heteroatoms. The number of nitro groups is 1. The number of benzene rings is 2. The first kappa shape index (κ1) is 14.8. The summed E-state index contributed by atoms with van der Waals surface area (Å²) in [5.41, 5.74) is 6.35. The van der Waals surface area contributed by atoms with Crippen LogP contribution in [0.15, 0.2) is 47.4 Å². The number of nitro benzene ring substituents is 1. The molecule has 2 rings (SSSR count). The van der Waals surface area contributed by atoms with Gasteiger partial charge in [0.15, 0.2) is 0 Å². The quantitative estimate of drug-likeness (QED) is 0.511. The fraction of sp³-hybridized carbons (Fsp3) is 0.0769. The lowest BCUT2D eigenvalue weighted by molar-refractivity contribution is -0.384. The zero-order chi connectivity index (χ0) is 15.6. The topological polar surface area (TPSA) is 115 Å². The molecule has 0 spiro atoms. The number of hydrogen-bond donors (Lipinski definition) is 2. The highest BCUT2D eigenvalue weighted by molar-refractivity contribution is 7.92. The number of sulfonamides is 1. The maximum absolute atomic E-state index is 12.3. The van der Waals surface area contributed by atoms with Crippen molar-refractivity contribution in [1.82, 2.24) is 0 Å². The van der Waals surface area contributed by atoms with Crippen molar-refractivity contribution in [3.8, 4) is 0 Å². The highest BCUT2D eigenvalue weighted by Gasteiger charge is 2.20. The van der Waals surface area contributed by atoms with Gasteiger partial charge in [0.1, 0.15) is 4.90 Å². The van der Waals surface area contributed by atoms with Crippen LogP contribution in [0.3, 0.4) is 0 Å². The average Bonchev–Trinajstić information content (AvgIpc) is 2.40. The van der Waals surface area contributed by atoms with Gasteiger partial charge in [-0.05, 0) is 24.6 Å². The summed E-state index contributed by atoms with van der Waals surface area (Å²) in [6.45, 7) is 1.76. The lowest BCUT2D eigenvalue weighted by Crippen LogP contribution is -2.15. The third-order valence-corrected chi connectivity index (χ3v) is 4.32. The molecular weight excluding hydrogens is 294 g/mol. The molecule has 0 unspecified atom stereocenters. The number of para-hydroxylation sites is 1. The molecular formula is C13H13N3O4S. The molecule has 110 valence electrons. The minimum absolute atomic E-state index is 0.176. The second-order valence-electron chi connectivity index (χ2n) is 4.40. The fourth-order valence-corrected chi connectivity index (χ4v) is 3.03. The Balaban J connectivity index is 2.41. The molecule has 0 aliphatic carbocycles. The summed E-state index contributed by atoms with van der Waals surface area (Å²) in [5.74, 6) is 0. The Hall–Kier alpha value is -2.61. The van der Waals surface area contributed by atoms with Gasteiger partial charge in [0.05, 0.1) is 16.3 Å². The lowest BCUT2D eigenvalue weighted by atomic mass is 10.2. The van der Waals surface area contributed by atoms with E-state index in [0.717, 1.165) is 23.8 Å². The standard InChI is InChI=1S/C13H13N3O4S/c1-9-4-2-3-5-12(9)15-21(19,20)13-7-6-10(16(17)18)8-11(13)14/h2-8,15H,14H2,1H3. The van der Waals surface area contributed by atoms with Crippen LogP contribution in [-0.2, 0) is 10.0 Å². The highest BCUT2D eigenvalue weighted by Crippen LogP contribution is 2.26. The van der Waals surface area contributed by atoms with Gasteiger partial charge in [-0.15, -0.1) is 0 Å². The van der Waals surface area contributed by atoms with E-state index in [-0.39, 0.29) is 16.3 Å². The van der Waals surface area contributed by atoms with Crippen molar-refractivity contribution in [1.29, 1.82) is 0 Å². The summed E-state index contributed by atoms with van der Waals surface area (Å²) in [7, 11) is -3.91. The van der Waals surface area contributed by atoms with E-state index < -0.39 is 14.9 Å². The minimum atomic E-state index is -3.91. The van der Waals surface area contributed by atoms with Gasteiger partial charge in [0.2, 0.25) is 0 Å². The van der Waals surface area contributed by atoms with Crippen LogP contribution in [-0.4, -0.2) is 13.3 Å². The van der Waals surface area contributed by atoms with Crippen molar-refractivity contribution in [3.05, 3.63) is 58.1 Å². The minimum Gasteiger partial charge on any atom is -0.397 e. The van der Waals surface area contributed by atoms with Gasteiger partial charge in [-0.25, -0.2) is 8.42 Å². The Bertz CT molecular complexity index is 803. The van der Waals surface area contributed by atoms with Crippen molar-refractivity contribution < 1.29 is 13.3 Å². The molecule has 0 aliphatic rings. The lowest BCUT2D eigenvalue weighted by Gasteiger charge is -2.11.